The number of hydrogen-bond donors (Lipinski definition) is 1. The van der Waals surface area contributed by atoms with E-state index >= 15 is 0 Å². The second kappa shape index (κ2) is 6.46. The lowest BCUT2D eigenvalue weighted by atomic mass is 9.89. The van der Waals surface area contributed by atoms with Crippen molar-refractivity contribution in [3.05, 3.63) is 34.9 Å². The van der Waals surface area contributed by atoms with E-state index in [9.17, 15) is 0 Å². The molecule has 1 aromatic rings. The van der Waals surface area contributed by atoms with Crippen LogP contribution in [0.2, 0.25) is 5.02 Å². The van der Waals surface area contributed by atoms with Gasteiger partial charge in [-0.1, -0.05) is 30.2 Å². The summed E-state index contributed by atoms with van der Waals surface area (Å²) >= 11 is 6.20. The maximum absolute atomic E-state index is 6.20. The van der Waals surface area contributed by atoms with Gasteiger partial charge in [-0.15, -0.1) is 0 Å². The van der Waals surface area contributed by atoms with Gasteiger partial charge < -0.3 is 5.32 Å². The fourth-order valence-electron chi connectivity index (χ4n) is 3.46. The minimum Gasteiger partial charge on any atom is -0.314 e. The summed E-state index contributed by atoms with van der Waals surface area (Å²) in [6.45, 7) is 2.34. The van der Waals surface area contributed by atoms with Crippen LogP contribution in [0.15, 0.2) is 24.3 Å². The molecule has 2 atom stereocenters. The van der Waals surface area contributed by atoms with E-state index in [0.29, 0.717) is 12.0 Å². The Labute approximate surface area is 127 Å². The number of hydrogen-bond acceptors (Lipinski definition) is 2. The number of benzene rings is 1. The van der Waals surface area contributed by atoms with E-state index in [1.165, 1.54) is 44.2 Å². The molecule has 1 saturated carbocycles. The van der Waals surface area contributed by atoms with Crippen molar-refractivity contribution in [2.45, 2.75) is 44.2 Å². The second-order valence-corrected chi connectivity index (χ2v) is 6.86. The topological polar surface area (TPSA) is 15.3 Å². The van der Waals surface area contributed by atoms with Crippen molar-refractivity contribution in [3.8, 4) is 0 Å². The van der Waals surface area contributed by atoms with Gasteiger partial charge >= 0.3 is 0 Å². The fourth-order valence-corrected chi connectivity index (χ4v) is 3.66. The highest BCUT2D eigenvalue weighted by Gasteiger charge is 2.30. The van der Waals surface area contributed by atoms with Gasteiger partial charge in [0.25, 0.3) is 0 Å². The Bertz CT molecular complexity index is 444. The molecule has 2 nitrogen and oxygen atoms in total. The van der Waals surface area contributed by atoms with Crippen LogP contribution in [-0.2, 0) is 0 Å². The van der Waals surface area contributed by atoms with Crippen molar-refractivity contribution in [3.63, 3.8) is 0 Å². The summed E-state index contributed by atoms with van der Waals surface area (Å²) in [5.74, 6) is 0.696. The molecule has 0 aromatic heterocycles. The monoisotopic (exact) mass is 292 g/mol. The third-order valence-corrected chi connectivity index (χ3v) is 4.93. The van der Waals surface area contributed by atoms with Gasteiger partial charge in [0.15, 0.2) is 0 Å². The average molecular weight is 293 g/mol. The summed E-state index contributed by atoms with van der Waals surface area (Å²) in [6.07, 6.45) is 6.71. The van der Waals surface area contributed by atoms with Crippen LogP contribution in [0.4, 0.5) is 0 Å². The molecule has 1 aromatic carbocycles. The van der Waals surface area contributed by atoms with Gasteiger partial charge in [-0.3, -0.25) is 4.90 Å². The molecule has 1 saturated heterocycles. The Morgan fingerprint density at radius 2 is 2.10 bits per heavy atom. The van der Waals surface area contributed by atoms with Crippen molar-refractivity contribution in [1.82, 2.24) is 10.2 Å². The lowest BCUT2D eigenvalue weighted by Crippen LogP contribution is -2.35. The van der Waals surface area contributed by atoms with E-state index in [-0.39, 0.29) is 0 Å². The Kier molecular flexibility index (Phi) is 4.65. The molecule has 0 spiro atoms. The normalized spacial score (nSPS) is 28.3. The average Bonchev–Trinajstić information content (AvgIpc) is 3.24. The Balaban J connectivity index is 1.79. The molecule has 3 heteroatoms. The molecule has 0 bridgehead atoms. The highest BCUT2D eigenvalue weighted by Crippen LogP contribution is 2.35. The highest BCUT2D eigenvalue weighted by molar-refractivity contribution is 6.30. The van der Waals surface area contributed by atoms with E-state index in [1.54, 1.807) is 0 Å². The number of nitrogens with zero attached hydrogens (tertiary/aromatic N) is 1. The molecule has 2 unspecified atom stereocenters. The molecule has 0 amide bonds. The first-order valence-electron chi connectivity index (χ1n) is 7.93. The molecule has 1 aliphatic heterocycles. The fraction of sp³-hybridized carbons (Fsp3) is 0.647. The highest BCUT2D eigenvalue weighted by atomic mass is 35.5. The van der Waals surface area contributed by atoms with Gasteiger partial charge in [0.2, 0.25) is 0 Å². The van der Waals surface area contributed by atoms with Crippen molar-refractivity contribution in [2.24, 2.45) is 5.92 Å². The molecule has 0 radical (unpaired) electrons. The summed E-state index contributed by atoms with van der Waals surface area (Å²) in [7, 11) is 2.26. The summed E-state index contributed by atoms with van der Waals surface area (Å²) in [6, 6.07) is 9.74. The van der Waals surface area contributed by atoms with E-state index in [1.807, 2.05) is 6.07 Å². The van der Waals surface area contributed by atoms with Crippen LogP contribution < -0.4 is 5.32 Å². The van der Waals surface area contributed by atoms with E-state index in [0.717, 1.165) is 17.6 Å². The lowest BCUT2D eigenvalue weighted by molar-refractivity contribution is 0.189. The van der Waals surface area contributed by atoms with Gasteiger partial charge in [0.1, 0.15) is 0 Å². The molecule has 1 aliphatic carbocycles. The van der Waals surface area contributed by atoms with Crippen molar-refractivity contribution in [2.75, 3.05) is 20.1 Å². The smallest absolute Gasteiger partial charge is 0.0409 e. The molecule has 110 valence electrons. The van der Waals surface area contributed by atoms with Crippen LogP contribution in [0.5, 0.6) is 0 Å². The molecule has 1 N–H and O–H groups in total. The van der Waals surface area contributed by atoms with E-state index < -0.39 is 0 Å². The van der Waals surface area contributed by atoms with E-state index in [4.69, 9.17) is 11.6 Å². The van der Waals surface area contributed by atoms with Crippen LogP contribution in [0.25, 0.3) is 0 Å². The molecule has 3 rings (SSSR count). The number of rotatable bonds is 4. The molecular weight excluding hydrogens is 268 g/mol. The Morgan fingerprint density at radius 1 is 1.25 bits per heavy atom. The number of likely N-dealkylation sites (tertiary alicyclic amines) is 1. The second-order valence-electron chi connectivity index (χ2n) is 6.42. The zero-order valence-electron chi connectivity index (χ0n) is 12.3. The molecule has 20 heavy (non-hydrogen) atoms. The minimum absolute atomic E-state index is 0.502. The Hall–Kier alpha value is -0.570. The zero-order valence-corrected chi connectivity index (χ0v) is 13.1. The minimum atomic E-state index is 0.502. The quantitative estimate of drug-likeness (QED) is 0.906. The first-order chi connectivity index (χ1) is 9.74. The predicted octanol–water partition coefficient (Wildman–Crippen LogP) is 3.87. The van der Waals surface area contributed by atoms with E-state index in [2.05, 4.69) is 35.5 Å². The SMILES string of the molecule is CN1CCCCC(CNC2CC2)C1c1cccc(Cl)c1. The molecular formula is C17H25ClN2. The lowest BCUT2D eigenvalue weighted by Gasteiger charge is -2.33. The molecule has 1 heterocycles. The van der Waals surface area contributed by atoms with Gasteiger partial charge in [-0.25, -0.2) is 0 Å². The maximum atomic E-state index is 6.20. The largest absolute Gasteiger partial charge is 0.314 e. The van der Waals surface area contributed by atoms with Crippen LogP contribution in [0, 0.1) is 5.92 Å². The van der Waals surface area contributed by atoms with Crippen molar-refractivity contribution >= 4 is 11.6 Å². The third-order valence-electron chi connectivity index (χ3n) is 4.69. The number of nitrogens with one attached hydrogen (secondary N) is 1. The van der Waals surface area contributed by atoms with Crippen LogP contribution in [0.1, 0.15) is 43.7 Å². The third kappa shape index (κ3) is 3.55. The van der Waals surface area contributed by atoms with Gasteiger partial charge in [0, 0.05) is 23.7 Å². The van der Waals surface area contributed by atoms with Gasteiger partial charge in [0.05, 0.1) is 0 Å². The summed E-state index contributed by atoms with van der Waals surface area (Å²) < 4.78 is 0. The van der Waals surface area contributed by atoms with Crippen molar-refractivity contribution < 1.29 is 0 Å². The van der Waals surface area contributed by atoms with Crippen LogP contribution >= 0.6 is 11.6 Å². The van der Waals surface area contributed by atoms with Crippen LogP contribution in [-0.4, -0.2) is 31.1 Å². The van der Waals surface area contributed by atoms with Gasteiger partial charge in [-0.2, -0.15) is 0 Å². The summed E-state index contributed by atoms with van der Waals surface area (Å²) in [5, 5.41) is 4.58. The molecule has 2 fully saturated rings. The summed E-state index contributed by atoms with van der Waals surface area (Å²) in [5.41, 5.74) is 1.38. The predicted molar refractivity (Wildman–Crippen MR) is 85.2 cm³/mol. The first kappa shape index (κ1) is 14.4. The first-order valence-corrected chi connectivity index (χ1v) is 8.31. The zero-order chi connectivity index (χ0) is 13.9. The van der Waals surface area contributed by atoms with Gasteiger partial charge in [-0.05, 0) is 62.9 Å². The number of halogens is 1. The summed E-state index contributed by atoms with van der Waals surface area (Å²) in [4.78, 5) is 2.53. The van der Waals surface area contributed by atoms with Crippen molar-refractivity contribution in [1.29, 1.82) is 0 Å². The van der Waals surface area contributed by atoms with Crippen LogP contribution in [0.3, 0.4) is 0 Å². The Morgan fingerprint density at radius 3 is 2.85 bits per heavy atom. The maximum Gasteiger partial charge on any atom is 0.0409 e. The standard InChI is InChI=1S/C17H25ClN2/c1-20-10-3-2-5-14(12-19-16-8-9-16)17(20)13-6-4-7-15(18)11-13/h4,6-7,11,14,16-17,19H,2-3,5,8-10,12H2,1H3. The molecule has 2 aliphatic rings.